The van der Waals surface area contributed by atoms with Crippen LogP contribution in [0.2, 0.25) is 0 Å². The van der Waals surface area contributed by atoms with Crippen LogP contribution in [0, 0.1) is 5.41 Å². The molecule has 104 valence electrons. The van der Waals surface area contributed by atoms with Crippen LogP contribution >= 0.6 is 0 Å². The summed E-state index contributed by atoms with van der Waals surface area (Å²) in [7, 11) is 0.669. The minimum absolute atomic E-state index is 0.0938. The van der Waals surface area contributed by atoms with Crippen LogP contribution in [0.3, 0.4) is 0 Å². The topological polar surface area (TPSA) is 75.4 Å². The molecule has 0 amide bonds. The monoisotopic (exact) mass is 265 g/mol. The number of hydrogen-bond donors (Lipinski definition) is 2. The van der Waals surface area contributed by atoms with E-state index in [-0.39, 0.29) is 12.0 Å². The molecule has 1 unspecified atom stereocenters. The molecule has 17 heavy (non-hydrogen) atoms. The quantitative estimate of drug-likeness (QED) is 0.659. The predicted octanol–water partition coefficient (Wildman–Crippen LogP) is 0.231. The number of nitrogens with one attached hydrogen (secondary N) is 1. The van der Waals surface area contributed by atoms with Gasteiger partial charge in [0.25, 0.3) is 0 Å². The van der Waals surface area contributed by atoms with E-state index in [1.807, 2.05) is 34.9 Å². The first-order valence-electron chi connectivity index (χ1n) is 5.98. The third kappa shape index (κ3) is 6.35. The Morgan fingerprint density at radius 3 is 2.24 bits per heavy atom. The van der Waals surface area contributed by atoms with Crippen LogP contribution < -0.4 is 10.5 Å². The largest absolute Gasteiger partial charge is 0.329 e. The summed E-state index contributed by atoms with van der Waals surface area (Å²) in [5.74, 6) is 0. The Kier molecular flexibility index (Phi) is 6.61. The first-order valence-corrected chi connectivity index (χ1v) is 7.52. The van der Waals surface area contributed by atoms with E-state index in [1.165, 1.54) is 0 Å². The van der Waals surface area contributed by atoms with E-state index in [1.54, 1.807) is 0 Å². The Bertz CT molecular complexity index is 309. The Hall–Kier alpha value is -0.170. The molecular formula is C11H27N3O2S. The second-order valence-corrected chi connectivity index (χ2v) is 7.58. The van der Waals surface area contributed by atoms with Gasteiger partial charge in [0.15, 0.2) is 0 Å². The van der Waals surface area contributed by atoms with Gasteiger partial charge in [-0.2, -0.15) is 0 Å². The van der Waals surface area contributed by atoms with Gasteiger partial charge >= 0.3 is 0 Å². The van der Waals surface area contributed by atoms with Crippen LogP contribution in [0.4, 0.5) is 0 Å². The Morgan fingerprint density at radius 1 is 1.35 bits per heavy atom. The van der Waals surface area contributed by atoms with Crippen LogP contribution in [0.1, 0.15) is 27.2 Å². The van der Waals surface area contributed by atoms with Gasteiger partial charge < -0.3 is 10.6 Å². The molecule has 0 bridgehead atoms. The average Bonchev–Trinajstić information content (AvgIpc) is 2.15. The van der Waals surface area contributed by atoms with E-state index < -0.39 is 15.3 Å². The zero-order valence-corrected chi connectivity index (χ0v) is 12.5. The third-order valence-corrected chi connectivity index (χ3v) is 4.60. The van der Waals surface area contributed by atoms with E-state index >= 15 is 0 Å². The van der Waals surface area contributed by atoms with Gasteiger partial charge in [0, 0.05) is 19.6 Å². The van der Waals surface area contributed by atoms with Crippen LogP contribution in [0.25, 0.3) is 0 Å². The van der Waals surface area contributed by atoms with Gasteiger partial charge in [0.2, 0.25) is 10.0 Å². The maximum atomic E-state index is 11.9. The summed E-state index contributed by atoms with van der Waals surface area (Å²) in [5, 5.41) is -0.488. The molecule has 6 heteroatoms. The van der Waals surface area contributed by atoms with Gasteiger partial charge in [-0.05, 0) is 25.9 Å². The molecule has 0 radical (unpaired) electrons. The van der Waals surface area contributed by atoms with E-state index in [4.69, 9.17) is 5.73 Å². The smallest absolute Gasteiger partial charge is 0.215 e. The fraction of sp³-hybridized carbons (Fsp3) is 1.00. The van der Waals surface area contributed by atoms with Crippen LogP contribution in [-0.4, -0.2) is 52.3 Å². The van der Waals surface area contributed by atoms with Crippen molar-refractivity contribution < 1.29 is 8.42 Å². The number of hydrogen-bond acceptors (Lipinski definition) is 4. The van der Waals surface area contributed by atoms with Crippen LogP contribution in [-0.2, 0) is 10.0 Å². The van der Waals surface area contributed by atoms with Crippen molar-refractivity contribution in [3.05, 3.63) is 0 Å². The summed E-state index contributed by atoms with van der Waals surface area (Å²) in [6.45, 7) is 7.35. The van der Waals surface area contributed by atoms with Crippen molar-refractivity contribution in [3.63, 3.8) is 0 Å². The second kappa shape index (κ2) is 6.68. The molecule has 3 N–H and O–H groups in total. The number of sulfonamides is 1. The summed E-state index contributed by atoms with van der Waals surface area (Å²) in [5.41, 5.74) is 5.37. The lowest BCUT2D eigenvalue weighted by atomic mass is 9.93. The zero-order valence-electron chi connectivity index (χ0n) is 11.7. The normalized spacial score (nSPS) is 15.2. The van der Waals surface area contributed by atoms with Gasteiger partial charge in [-0.1, -0.05) is 20.8 Å². The average molecular weight is 265 g/mol. The number of nitrogens with two attached hydrogens (primary N) is 1. The maximum absolute atomic E-state index is 11.9. The van der Waals surface area contributed by atoms with Gasteiger partial charge in [-0.25, -0.2) is 13.1 Å². The van der Waals surface area contributed by atoms with Crippen molar-refractivity contribution >= 4 is 10.0 Å². The zero-order chi connectivity index (χ0) is 13.7. The molecule has 0 rings (SSSR count). The Morgan fingerprint density at radius 2 is 1.88 bits per heavy atom. The van der Waals surface area contributed by atoms with Crippen LogP contribution in [0.5, 0.6) is 0 Å². The molecule has 0 aliphatic carbocycles. The van der Waals surface area contributed by atoms with Gasteiger partial charge in [-0.3, -0.25) is 0 Å². The lowest BCUT2D eigenvalue weighted by molar-refractivity contribution is 0.242. The lowest BCUT2D eigenvalue weighted by Gasteiger charge is -2.29. The number of nitrogens with zero attached hydrogens (tertiary/aromatic N) is 1. The van der Waals surface area contributed by atoms with E-state index in [2.05, 4.69) is 9.62 Å². The molecule has 0 aromatic rings. The fourth-order valence-electron chi connectivity index (χ4n) is 1.84. The number of rotatable bonds is 8. The van der Waals surface area contributed by atoms with Crippen molar-refractivity contribution in [1.29, 1.82) is 0 Å². The fourth-order valence-corrected chi connectivity index (χ4v) is 3.36. The molecule has 0 aliphatic rings. The highest BCUT2D eigenvalue weighted by molar-refractivity contribution is 7.90. The highest BCUT2D eigenvalue weighted by Crippen LogP contribution is 2.15. The summed E-state index contributed by atoms with van der Waals surface area (Å²) >= 11 is 0. The second-order valence-electron chi connectivity index (χ2n) is 5.53. The van der Waals surface area contributed by atoms with Crippen LogP contribution in [0.15, 0.2) is 0 Å². The predicted molar refractivity (Wildman–Crippen MR) is 72.4 cm³/mol. The molecule has 0 spiro atoms. The van der Waals surface area contributed by atoms with Crippen molar-refractivity contribution in [2.24, 2.45) is 11.1 Å². The highest BCUT2D eigenvalue weighted by atomic mass is 32.2. The van der Waals surface area contributed by atoms with Gasteiger partial charge in [0.1, 0.15) is 0 Å². The Labute approximate surface area is 106 Å². The molecule has 0 aromatic heterocycles. The third-order valence-electron chi connectivity index (χ3n) is 2.65. The van der Waals surface area contributed by atoms with Crippen molar-refractivity contribution in [2.75, 3.05) is 33.7 Å². The molecule has 0 saturated carbocycles. The van der Waals surface area contributed by atoms with Gasteiger partial charge in [-0.15, -0.1) is 0 Å². The molecule has 0 fully saturated rings. The van der Waals surface area contributed by atoms with E-state index in [0.717, 1.165) is 6.54 Å². The van der Waals surface area contributed by atoms with Gasteiger partial charge in [0.05, 0.1) is 5.25 Å². The summed E-state index contributed by atoms with van der Waals surface area (Å²) in [6.07, 6.45) is 0.542. The molecular weight excluding hydrogens is 238 g/mol. The van der Waals surface area contributed by atoms with Crippen molar-refractivity contribution in [1.82, 2.24) is 9.62 Å². The Balaban J connectivity index is 4.45. The highest BCUT2D eigenvalue weighted by Gasteiger charge is 2.26. The maximum Gasteiger partial charge on any atom is 0.215 e. The summed E-state index contributed by atoms with van der Waals surface area (Å²) in [6, 6.07) is 0. The standard InChI is InChI=1S/C11H27N3O2S/c1-6-10(7-12)17(15,16)13-8-11(2,3)9-14(4)5/h10,13H,6-9,12H2,1-5H3. The first-order chi connectivity index (χ1) is 7.64. The molecule has 1 atom stereocenters. The first kappa shape index (κ1) is 16.8. The molecule has 0 saturated heterocycles. The molecule has 0 heterocycles. The molecule has 5 nitrogen and oxygen atoms in total. The lowest BCUT2D eigenvalue weighted by Crippen LogP contribution is -2.44. The summed E-state index contributed by atoms with van der Waals surface area (Å²) < 4.78 is 26.5. The van der Waals surface area contributed by atoms with E-state index in [9.17, 15) is 8.42 Å². The van der Waals surface area contributed by atoms with Crippen molar-refractivity contribution in [3.8, 4) is 0 Å². The molecule has 0 aromatic carbocycles. The minimum Gasteiger partial charge on any atom is -0.329 e. The van der Waals surface area contributed by atoms with E-state index in [0.29, 0.717) is 13.0 Å². The molecule has 0 aliphatic heterocycles. The van der Waals surface area contributed by atoms with Crippen molar-refractivity contribution in [2.45, 2.75) is 32.4 Å². The SMILES string of the molecule is CCC(CN)S(=O)(=O)NCC(C)(C)CN(C)C. The minimum atomic E-state index is -3.29. The summed E-state index contributed by atoms with van der Waals surface area (Å²) in [4.78, 5) is 2.05.